The Hall–Kier alpha value is -2.05. The van der Waals surface area contributed by atoms with Crippen molar-refractivity contribution in [2.24, 2.45) is 0 Å². The molecule has 1 amide bonds. The van der Waals surface area contributed by atoms with Gasteiger partial charge in [0.2, 0.25) is 10.0 Å². The minimum atomic E-state index is -3.40. The van der Waals surface area contributed by atoms with Crippen LogP contribution in [0.15, 0.2) is 42.5 Å². The van der Waals surface area contributed by atoms with Crippen molar-refractivity contribution in [3.05, 3.63) is 64.2 Å². The number of carbonyl (C=O) groups excluding carboxylic acids is 1. The predicted octanol–water partition coefficient (Wildman–Crippen LogP) is 3.76. The van der Waals surface area contributed by atoms with Crippen LogP contribution in [-0.4, -0.2) is 20.6 Å². The average molecular weight is 381 g/mol. The molecule has 0 aliphatic rings. The third-order valence-electron chi connectivity index (χ3n) is 3.75. The zero-order valence-corrected chi connectivity index (χ0v) is 15.9. The molecule has 0 aliphatic heterocycles. The number of benzene rings is 2. The standard InChI is InChI=1S/C18H21ClN2O3S/c1-4-13-5-7-14(8-6-13)12(2)20-18(22)16-10-9-15(11-17(16)19)21-25(3,23)24/h5-12,21H,4H2,1-3H3,(H,20,22)/t12-/m1/s1. The van der Waals surface area contributed by atoms with E-state index in [1.54, 1.807) is 0 Å². The maximum atomic E-state index is 12.4. The van der Waals surface area contributed by atoms with Gasteiger partial charge in [-0.2, -0.15) is 0 Å². The molecule has 0 radical (unpaired) electrons. The number of rotatable bonds is 6. The van der Waals surface area contributed by atoms with E-state index in [2.05, 4.69) is 17.0 Å². The van der Waals surface area contributed by atoms with Crippen molar-refractivity contribution in [2.45, 2.75) is 26.3 Å². The minimum Gasteiger partial charge on any atom is -0.345 e. The van der Waals surface area contributed by atoms with Gasteiger partial charge in [-0.15, -0.1) is 0 Å². The number of carbonyl (C=O) groups is 1. The number of aryl methyl sites for hydroxylation is 1. The summed E-state index contributed by atoms with van der Waals surface area (Å²) in [6.45, 7) is 3.98. The lowest BCUT2D eigenvalue weighted by Crippen LogP contribution is -2.27. The molecule has 0 spiro atoms. The van der Waals surface area contributed by atoms with Crippen LogP contribution in [0, 0.1) is 0 Å². The van der Waals surface area contributed by atoms with Gasteiger partial charge < -0.3 is 5.32 Å². The topological polar surface area (TPSA) is 75.3 Å². The summed E-state index contributed by atoms with van der Waals surface area (Å²) in [4.78, 5) is 12.4. The maximum absolute atomic E-state index is 12.4. The Morgan fingerprint density at radius 2 is 1.80 bits per heavy atom. The number of hydrogen-bond donors (Lipinski definition) is 2. The molecular weight excluding hydrogens is 360 g/mol. The van der Waals surface area contributed by atoms with Gasteiger partial charge in [-0.3, -0.25) is 9.52 Å². The SMILES string of the molecule is CCc1ccc([C@@H](C)NC(=O)c2ccc(NS(C)(=O)=O)cc2Cl)cc1. The average Bonchev–Trinajstić information content (AvgIpc) is 2.53. The molecule has 0 fully saturated rings. The zero-order chi connectivity index (χ0) is 18.6. The second-order valence-corrected chi connectivity index (χ2v) is 8.01. The molecule has 7 heteroatoms. The summed E-state index contributed by atoms with van der Waals surface area (Å²) in [6.07, 6.45) is 2.01. The number of halogens is 1. The molecule has 134 valence electrons. The largest absolute Gasteiger partial charge is 0.345 e. The van der Waals surface area contributed by atoms with Crippen LogP contribution in [0.4, 0.5) is 5.69 Å². The molecule has 0 unspecified atom stereocenters. The molecule has 2 rings (SSSR count). The van der Waals surface area contributed by atoms with E-state index in [-0.39, 0.29) is 22.5 Å². The Morgan fingerprint density at radius 3 is 2.32 bits per heavy atom. The number of hydrogen-bond acceptors (Lipinski definition) is 3. The van der Waals surface area contributed by atoms with Crippen molar-refractivity contribution in [2.75, 3.05) is 11.0 Å². The van der Waals surface area contributed by atoms with Gasteiger partial charge in [-0.05, 0) is 42.7 Å². The predicted molar refractivity (Wildman–Crippen MR) is 102 cm³/mol. The molecule has 1 atom stereocenters. The molecular formula is C18H21ClN2O3S. The molecule has 0 bridgehead atoms. The molecule has 25 heavy (non-hydrogen) atoms. The first kappa shape index (κ1) is 19.3. The Kier molecular flexibility index (Phi) is 6.08. The molecule has 2 aromatic carbocycles. The summed E-state index contributed by atoms with van der Waals surface area (Å²) in [5.41, 5.74) is 2.83. The first-order valence-electron chi connectivity index (χ1n) is 7.86. The highest BCUT2D eigenvalue weighted by Crippen LogP contribution is 2.23. The van der Waals surface area contributed by atoms with Gasteiger partial charge >= 0.3 is 0 Å². The van der Waals surface area contributed by atoms with Crippen molar-refractivity contribution in [3.63, 3.8) is 0 Å². The molecule has 0 saturated heterocycles. The second-order valence-electron chi connectivity index (χ2n) is 5.86. The lowest BCUT2D eigenvalue weighted by molar-refractivity contribution is 0.0940. The Balaban J connectivity index is 2.11. The molecule has 5 nitrogen and oxygen atoms in total. The fourth-order valence-electron chi connectivity index (χ4n) is 2.38. The molecule has 2 N–H and O–H groups in total. The van der Waals surface area contributed by atoms with Gasteiger partial charge in [-0.25, -0.2) is 8.42 Å². The van der Waals surface area contributed by atoms with Gasteiger partial charge in [0.25, 0.3) is 5.91 Å². The monoisotopic (exact) mass is 380 g/mol. The summed E-state index contributed by atoms with van der Waals surface area (Å²) in [5, 5.41) is 3.08. The molecule has 0 aliphatic carbocycles. The van der Waals surface area contributed by atoms with E-state index in [0.29, 0.717) is 5.69 Å². The number of nitrogens with one attached hydrogen (secondary N) is 2. The van der Waals surface area contributed by atoms with Crippen LogP contribution in [0.25, 0.3) is 0 Å². The van der Waals surface area contributed by atoms with Crippen molar-refractivity contribution >= 4 is 33.2 Å². The van der Waals surface area contributed by atoms with E-state index in [0.717, 1.165) is 18.2 Å². The van der Waals surface area contributed by atoms with E-state index in [1.807, 2.05) is 31.2 Å². The van der Waals surface area contributed by atoms with E-state index >= 15 is 0 Å². The highest BCUT2D eigenvalue weighted by Gasteiger charge is 2.15. The van der Waals surface area contributed by atoms with Crippen molar-refractivity contribution < 1.29 is 13.2 Å². The normalized spacial score (nSPS) is 12.5. The Morgan fingerprint density at radius 1 is 1.16 bits per heavy atom. The summed E-state index contributed by atoms with van der Waals surface area (Å²) in [6, 6.07) is 12.3. The van der Waals surface area contributed by atoms with E-state index < -0.39 is 10.0 Å². The minimum absolute atomic E-state index is 0.178. The number of anilines is 1. The molecule has 0 aromatic heterocycles. The highest BCUT2D eigenvalue weighted by atomic mass is 35.5. The third kappa shape index (κ3) is 5.47. The van der Waals surface area contributed by atoms with E-state index in [1.165, 1.54) is 23.8 Å². The Labute approximate surface area is 153 Å². The third-order valence-corrected chi connectivity index (χ3v) is 4.67. The highest BCUT2D eigenvalue weighted by molar-refractivity contribution is 7.92. The second kappa shape index (κ2) is 7.89. The summed E-state index contributed by atoms with van der Waals surface area (Å²) in [5.74, 6) is -0.317. The van der Waals surface area contributed by atoms with E-state index in [9.17, 15) is 13.2 Å². The van der Waals surface area contributed by atoms with Crippen molar-refractivity contribution in [1.82, 2.24) is 5.32 Å². The van der Waals surface area contributed by atoms with Crippen molar-refractivity contribution in [1.29, 1.82) is 0 Å². The molecule has 0 saturated carbocycles. The number of amides is 1. The lowest BCUT2D eigenvalue weighted by atomic mass is 10.0. The molecule has 2 aromatic rings. The van der Waals surface area contributed by atoms with Gasteiger partial charge in [0.15, 0.2) is 0 Å². The fourth-order valence-corrected chi connectivity index (χ4v) is 3.20. The van der Waals surface area contributed by atoms with Gasteiger partial charge in [-0.1, -0.05) is 42.8 Å². The van der Waals surface area contributed by atoms with Gasteiger partial charge in [0, 0.05) is 5.69 Å². The van der Waals surface area contributed by atoms with Crippen LogP contribution in [0.5, 0.6) is 0 Å². The van der Waals surface area contributed by atoms with Crippen LogP contribution < -0.4 is 10.0 Å². The van der Waals surface area contributed by atoms with Crippen LogP contribution in [0.1, 0.15) is 41.4 Å². The lowest BCUT2D eigenvalue weighted by Gasteiger charge is -2.16. The van der Waals surface area contributed by atoms with E-state index in [4.69, 9.17) is 11.6 Å². The van der Waals surface area contributed by atoms with Crippen LogP contribution >= 0.6 is 11.6 Å². The summed E-state index contributed by atoms with van der Waals surface area (Å²) in [7, 11) is -3.40. The molecule has 0 heterocycles. The van der Waals surface area contributed by atoms with Crippen LogP contribution in [0.3, 0.4) is 0 Å². The smallest absolute Gasteiger partial charge is 0.253 e. The van der Waals surface area contributed by atoms with Crippen LogP contribution in [-0.2, 0) is 16.4 Å². The zero-order valence-electron chi connectivity index (χ0n) is 14.3. The fraction of sp³-hybridized carbons (Fsp3) is 0.278. The van der Waals surface area contributed by atoms with Crippen LogP contribution in [0.2, 0.25) is 5.02 Å². The summed E-state index contributed by atoms with van der Waals surface area (Å²) < 4.78 is 24.8. The summed E-state index contributed by atoms with van der Waals surface area (Å²) >= 11 is 6.13. The number of sulfonamides is 1. The van der Waals surface area contributed by atoms with Crippen molar-refractivity contribution in [3.8, 4) is 0 Å². The van der Waals surface area contributed by atoms with Gasteiger partial charge in [0.1, 0.15) is 0 Å². The van der Waals surface area contributed by atoms with Gasteiger partial charge in [0.05, 0.1) is 22.9 Å². The first-order chi connectivity index (χ1) is 11.7. The first-order valence-corrected chi connectivity index (χ1v) is 10.1. The quantitative estimate of drug-likeness (QED) is 0.801. The maximum Gasteiger partial charge on any atom is 0.253 e. The Bertz CT molecular complexity index is 864.